The number of aryl methyl sites for hydroxylation is 1. The first-order valence-corrected chi connectivity index (χ1v) is 9.45. The number of amides is 2. The highest BCUT2D eigenvalue weighted by Gasteiger charge is 2.43. The van der Waals surface area contributed by atoms with E-state index in [4.69, 9.17) is 9.47 Å². The molecule has 0 radical (unpaired) electrons. The summed E-state index contributed by atoms with van der Waals surface area (Å²) in [4.78, 5) is 29.0. The summed E-state index contributed by atoms with van der Waals surface area (Å²) in [5, 5.41) is 0. The first-order chi connectivity index (χ1) is 12.6. The molecule has 3 fully saturated rings. The van der Waals surface area contributed by atoms with E-state index in [9.17, 15) is 9.59 Å². The van der Waals surface area contributed by atoms with E-state index >= 15 is 0 Å². The average Bonchev–Trinajstić information content (AvgIpc) is 3.24. The van der Waals surface area contributed by atoms with Crippen molar-refractivity contribution < 1.29 is 19.1 Å². The van der Waals surface area contributed by atoms with Gasteiger partial charge in [0.25, 0.3) is 0 Å². The highest BCUT2D eigenvalue weighted by molar-refractivity contribution is 5.89. The minimum Gasteiger partial charge on any atom is -0.347 e. The van der Waals surface area contributed by atoms with Crippen molar-refractivity contribution in [1.82, 2.24) is 9.80 Å². The lowest BCUT2D eigenvalue weighted by atomic mass is 10.0. The molecule has 4 rings (SSSR count). The molecule has 3 saturated heterocycles. The summed E-state index contributed by atoms with van der Waals surface area (Å²) in [6.45, 7) is 5.70. The smallest absolute Gasteiger partial charge is 0.228 e. The minimum absolute atomic E-state index is 0.0718. The molecule has 0 N–H and O–H groups in total. The number of hydrogen-bond donors (Lipinski definition) is 0. The third-order valence-electron chi connectivity index (χ3n) is 5.84. The van der Waals surface area contributed by atoms with Crippen LogP contribution in [0.5, 0.6) is 0 Å². The topological polar surface area (TPSA) is 59.1 Å². The van der Waals surface area contributed by atoms with Crippen molar-refractivity contribution >= 4 is 11.8 Å². The fourth-order valence-electron chi connectivity index (χ4n) is 4.20. The quantitative estimate of drug-likeness (QED) is 0.825. The fraction of sp³-hybridized carbons (Fsp3) is 0.600. The Balaban J connectivity index is 1.35. The molecule has 1 unspecified atom stereocenters. The molecule has 0 bridgehead atoms. The van der Waals surface area contributed by atoms with E-state index in [1.165, 1.54) is 5.56 Å². The van der Waals surface area contributed by atoms with Crippen LogP contribution in [0.25, 0.3) is 0 Å². The zero-order valence-corrected chi connectivity index (χ0v) is 15.3. The third-order valence-corrected chi connectivity index (χ3v) is 5.84. The van der Waals surface area contributed by atoms with Gasteiger partial charge in [-0.15, -0.1) is 0 Å². The van der Waals surface area contributed by atoms with Crippen LogP contribution in [-0.4, -0.2) is 60.2 Å². The normalized spacial score (nSPS) is 25.3. The van der Waals surface area contributed by atoms with Crippen molar-refractivity contribution in [1.29, 1.82) is 0 Å². The third kappa shape index (κ3) is 3.35. The number of nitrogens with zero attached hydrogens (tertiary/aromatic N) is 2. The molecule has 1 atom stereocenters. The summed E-state index contributed by atoms with van der Waals surface area (Å²) in [6.07, 6.45) is 1.75. The Bertz CT molecular complexity index is 689. The van der Waals surface area contributed by atoms with E-state index in [-0.39, 0.29) is 17.7 Å². The van der Waals surface area contributed by atoms with E-state index in [0.29, 0.717) is 58.7 Å². The van der Waals surface area contributed by atoms with Crippen LogP contribution in [0.3, 0.4) is 0 Å². The number of benzene rings is 1. The summed E-state index contributed by atoms with van der Waals surface area (Å²) in [6, 6.07) is 8.08. The maximum absolute atomic E-state index is 12.9. The lowest BCUT2D eigenvalue weighted by Gasteiger charge is -2.38. The molecule has 0 aromatic heterocycles. The van der Waals surface area contributed by atoms with Crippen LogP contribution in [0.2, 0.25) is 0 Å². The monoisotopic (exact) mass is 358 g/mol. The highest BCUT2D eigenvalue weighted by atomic mass is 16.7. The number of hydrogen-bond acceptors (Lipinski definition) is 4. The van der Waals surface area contributed by atoms with Crippen LogP contribution in [0, 0.1) is 12.8 Å². The summed E-state index contributed by atoms with van der Waals surface area (Å²) in [5.74, 6) is -0.536. The van der Waals surface area contributed by atoms with Gasteiger partial charge in [0, 0.05) is 45.4 Å². The van der Waals surface area contributed by atoms with Gasteiger partial charge in [0.05, 0.1) is 19.1 Å². The maximum atomic E-state index is 12.9. The second kappa shape index (κ2) is 7.00. The lowest BCUT2D eigenvalue weighted by Crippen LogP contribution is -2.49. The Hall–Kier alpha value is -1.92. The van der Waals surface area contributed by atoms with E-state index < -0.39 is 5.79 Å². The molecule has 3 heterocycles. The van der Waals surface area contributed by atoms with Crippen molar-refractivity contribution in [2.75, 3.05) is 32.8 Å². The van der Waals surface area contributed by atoms with Crippen LogP contribution in [0.1, 0.15) is 30.4 Å². The standard InChI is InChI=1S/C20H26N2O4/c1-15-4-2-3-5-16(15)13-22-14-17(12-18(22)23)19(24)21-8-6-20(7-9-21)25-10-11-26-20/h2-5,17H,6-14H2,1H3. The van der Waals surface area contributed by atoms with Gasteiger partial charge in [0.15, 0.2) is 5.79 Å². The lowest BCUT2D eigenvalue weighted by molar-refractivity contribution is -0.188. The molecule has 1 aromatic rings. The van der Waals surface area contributed by atoms with Crippen molar-refractivity contribution in [3.8, 4) is 0 Å². The first kappa shape index (κ1) is 17.5. The van der Waals surface area contributed by atoms with Crippen LogP contribution in [0.4, 0.5) is 0 Å². The van der Waals surface area contributed by atoms with Crippen molar-refractivity contribution in [2.45, 2.75) is 38.5 Å². The van der Waals surface area contributed by atoms with Gasteiger partial charge >= 0.3 is 0 Å². The van der Waals surface area contributed by atoms with Gasteiger partial charge in [0.1, 0.15) is 0 Å². The van der Waals surface area contributed by atoms with Gasteiger partial charge < -0.3 is 19.3 Å². The molecule has 0 aliphatic carbocycles. The molecule has 140 valence electrons. The van der Waals surface area contributed by atoms with E-state index in [1.807, 2.05) is 28.0 Å². The number of likely N-dealkylation sites (tertiary alicyclic amines) is 2. The largest absolute Gasteiger partial charge is 0.347 e. The van der Waals surface area contributed by atoms with Crippen molar-refractivity contribution in [3.05, 3.63) is 35.4 Å². The fourth-order valence-corrected chi connectivity index (χ4v) is 4.20. The Morgan fingerprint density at radius 2 is 1.88 bits per heavy atom. The molecule has 2 amide bonds. The van der Waals surface area contributed by atoms with Gasteiger partial charge in [0.2, 0.25) is 11.8 Å². The van der Waals surface area contributed by atoms with Crippen LogP contribution >= 0.6 is 0 Å². The van der Waals surface area contributed by atoms with Crippen molar-refractivity contribution in [2.24, 2.45) is 5.92 Å². The van der Waals surface area contributed by atoms with Gasteiger partial charge in [-0.2, -0.15) is 0 Å². The Kier molecular flexibility index (Phi) is 4.71. The van der Waals surface area contributed by atoms with Crippen molar-refractivity contribution in [3.63, 3.8) is 0 Å². The second-order valence-corrected chi connectivity index (χ2v) is 7.53. The summed E-state index contributed by atoms with van der Waals surface area (Å²) in [7, 11) is 0. The molecule has 6 nitrogen and oxygen atoms in total. The number of carbonyl (C=O) groups excluding carboxylic acids is 2. The molecule has 3 aliphatic rings. The first-order valence-electron chi connectivity index (χ1n) is 9.45. The molecule has 6 heteroatoms. The maximum Gasteiger partial charge on any atom is 0.228 e. The average molecular weight is 358 g/mol. The summed E-state index contributed by atoms with van der Waals surface area (Å²) < 4.78 is 11.4. The van der Waals surface area contributed by atoms with Gasteiger partial charge in [-0.3, -0.25) is 9.59 Å². The zero-order valence-electron chi connectivity index (χ0n) is 15.3. The van der Waals surface area contributed by atoms with Crippen LogP contribution in [-0.2, 0) is 25.6 Å². The van der Waals surface area contributed by atoms with Gasteiger partial charge in [-0.1, -0.05) is 24.3 Å². The number of carbonyl (C=O) groups is 2. The Labute approximate surface area is 154 Å². The highest BCUT2D eigenvalue weighted by Crippen LogP contribution is 2.32. The predicted octanol–water partition coefficient (Wildman–Crippen LogP) is 1.71. The molecule has 3 aliphatic heterocycles. The predicted molar refractivity (Wildman–Crippen MR) is 95.2 cm³/mol. The molecule has 1 spiro atoms. The number of ether oxygens (including phenoxy) is 2. The minimum atomic E-state index is -0.473. The molecule has 26 heavy (non-hydrogen) atoms. The number of piperidine rings is 1. The van der Waals surface area contributed by atoms with E-state index in [1.54, 1.807) is 0 Å². The summed E-state index contributed by atoms with van der Waals surface area (Å²) in [5.41, 5.74) is 2.32. The molecular weight excluding hydrogens is 332 g/mol. The van der Waals surface area contributed by atoms with Gasteiger partial charge in [-0.25, -0.2) is 0 Å². The second-order valence-electron chi connectivity index (χ2n) is 7.53. The zero-order chi connectivity index (χ0) is 18.1. The Morgan fingerprint density at radius 1 is 1.19 bits per heavy atom. The van der Waals surface area contributed by atoms with Gasteiger partial charge in [-0.05, 0) is 18.1 Å². The molecular formula is C20H26N2O4. The molecule has 0 saturated carbocycles. The van der Waals surface area contributed by atoms with E-state index in [2.05, 4.69) is 13.0 Å². The SMILES string of the molecule is Cc1ccccc1CN1CC(C(=O)N2CCC3(CC2)OCCO3)CC1=O. The molecule has 1 aromatic carbocycles. The summed E-state index contributed by atoms with van der Waals surface area (Å²) >= 11 is 0. The van der Waals surface area contributed by atoms with Crippen LogP contribution < -0.4 is 0 Å². The Morgan fingerprint density at radius 3 is 2.58 bits per heavy atom. The number of rotatable bonds is 3. The van der Waals surface area contributed by atoms with E-state index in [0.717, 1.165) is 5.56 Å². The van der Waals surface area contributed by atoms with Crippen LogP contribution in [0.15, 0.2) is 24.3 Å².